The van der Waals surface area contributed by atoms with E-state index in [1.54, 1.807) is 19.1 Å². The van der Waals surface area contributed by atoms with Gasteiger partial charge in [0, 0.05) is 62.1 Å². The zero-order valence-electron chi connectivity index (χ0n) is 37.0. The van der Waals surface area contributed by atoms with Gasteiger partial charge in [-0.3, -0.25) is 14.4 Å². The number of para-hydroxylation sites is 1. The number of nitrogens with zero attached hydrogens (tertiary/aromatic N) is 3. The Morgan fingerprint density at radius 3 is 2.37 bits per heavy atom. The Kier molecular flexibility index (Phi) is 14.1. The molecule has 9 atom stereocenters. The molecular formula is C47H66N6O7. The predicted octanol–water partition coefficient (Wildman–Crippen LogP) is 5.36. The first-order valence-corrected chi connectivity index (χ1v) is 21.3. The van der Waals surface area contributed by atoms with Crippen molar-refractivity contribution in [1.29, 1.82) is 0 Å². The van der Waals surface area contributed by atoms with Crippen LogP contribution in [0.25, 0.3) is 11.1 Å². The van der Waals surface area contributed by atoms with Crippen LogP contribution in [-0.4, -0.2) is 119 Å². The molecule has 0 radical (unpaired) electrons. The number of rotatable bonds is 16. The molecular weight excluding hydrogens is 761 g/mol. The zero-order valence-corrected chi connectivity index (χ0v) is 37.0. The van der Waals surface area contributed by atoms with E-state index in [4.69, 9.17) is 14.3 Å². The normalized spacial score (nSPS) is 25.4. The molecule has 1 aliphatic heterocycles. The minimum absolute atomic E-state index is 0.00940. The van der Waals surface area contributed by atoms with Crippen molar-refractivity contribution in [2.75, 3.05) is 60.4 Å². The maximum absolute atomic E-state index is 14.6. The van der Waals surface area contributed by atoms with Crippen LogP contribution in [0.1, 0.15) is 62.0 Å². The molecule has 3 saturated carbocycles. The molecule has 0 unspecified atom stereocenters. The van der Waals surface area contributed by atoms with Crippen LogP contribution < -0.4 is 25.6 Å². The molecule has 1 heterocycles. The molecule has 4 aliphatic rings. The van der Waals surface area contributed by atoms with Crippen molar-refractivity contribution in [2.24, 2.45) is 29.1 Å². The second kappa shape index (κ2) is 18.9. The molecule has 3 aliphatic carbocycles. The van der Waals surface area contributed by atoms with E-state index in [9.17, 15) is 19.5 Å². The number of ether oxygens (including phenoxy) is 2. The van der Waals surface area contributed by atoms with E-state index >= 15 is 0 Å². The fraction of sp³-hybridized carbons (Fsp3) is 0.553. The summed E-state index contributed by atoms with van der Waals surface area (Å²) in [7, 11) is 11.0. The number of anilines is 1. The van der Waals surface area contributed by atoms with E-state index in [0.29, 0.717) is 42.0 Å². The van der Waals surface area contributed by atoms with Gasteiger partial charge in [0.05, 0.1) is 26.2 Å². The van der Waals surface area contributed by atoms with E-state index in [1.165, 1.54) is 13.5 Å². The molecule has 60 heavy (non-hydrogen) atoms. The number of alkyl carbamates (subject to hydrolysis) is 1. The van der Waals surface area contributed by atoms with Crippen LogP contribution >= 0.6 is 0 Å². The van der Waals surface area contributed by atoms with Crippen LogP contribution in [0.3, 0.4) is 0 Å². The standard InChI is InChI=1S/C47H66N6O7/c1-28-38-23-34(47(38,3)4)24-39(28)50-45(56)42-41(29(2)59-46(57)48-5)40(27-54)60-53(42)25-31-17-14-18-37(43(31)58-10)32-20-33(22-36(21-32)52(8)9)44(55)49-35(26-51(6)7)19-30-15-12-11-13-16-30/h11-18,20-22,28-29,34-35,38-42,54H,19,23-27H2,1-10H3,(H,48,57)(H,49,55)(H,50,56)/t28-,29-,34+,35-,38+,39-,40-,41-,42-/m0/s1. The van der Waals surface area contributed by atoms with Crippen molar-refractivity contribution in [3.63, 3.8) is 0 Å². The molecule has 3 aromatic rings. The third kappa shape index (κ3) is 9.59. The molecule has 0 spiro atoms. The van der Waals surface area contributed by atoms with Gasteiger partial charge in [-0.1, -0.05) is 69.3 Å². The summed E-state index contributed by atoms with van der Waals surface area (Å²) >= 11 is 0. The zero-order chi connectivity index (χ0) is 43.5. The monoisotopic (exact) mass is 826 g/mol. The van der Waals surface area contributed by atoms with Gasteiger partial charge < -0.3 is 40.3 Å². The largest absolute Gasteiger partial charge is 0.496 e. The number of hydrogen-bond acceptors (Lipinski definition) is 10. The lowest BCUT2D eigenvalue weighted by molar-refractivity contribution is -0.183. The van der Waals surface area contributed by atoms with Gasteiger partial charge >= 0.3 is 6.09 Å². The van der Waals surface area contributed by atoms with Gasteiger partial charge in [0.15, 0.2) is 0 Å². The number of likely N-dealkylation sites (N-methyl/N-ethyl adjacent to an activating group) is 1. The molecule has 326 valence electrons. The third-order valence-corrected chi connectivity index (χ3v) is 13.4. The average molecular weight is 827 g/mol. The summed E-state index contributed by atoms with van der Waals surface area (Å²) in [6, 6.07) is 20.7. The first-order chi connectivity index (χ1) is 28.6. The van der Waals surface area contributed by atoms with Crippen molar-refractivity contribution in [3.05, 3.63) is 83.4 Å². The van der Waals surface area contributed by atoms with Gasteiger partial charge in [-0.25, -0.2) is 4.79 Å². The number of nitrogens with one attached hydrogen (secondary N) is 3. The van der Waals surface area contributed by atoms with E-state index in [-0.39, 0.29) is 42.5 Å². The number of amides is 3. The van der Waals surface area contributed by atoms with Crippen LogP contribution in [0.2, 0.25) is 0 Å². The molecule has 13 heteroatoms. The molecule has 3 aromatic carbocycles. The van der Waals surface area contributed by atoms with Crippen LogP contribution in [-0.2, 0) is 27.3 Å². The highest BCUT2D eigenvalue weighted by molar-refractivity contribution is 5.97. The van der Waals surface area contributed by atoms with Crippen LogP contribution in [0.15, 0.2) is 66.7 Å². The summed E-state index contributed by atoms with van der Waals surface area (Å²) in [6.45, 7) is 9.02. The Bertz CT molecular complexity index is 1970. The van der Waals surface area contributed by atoms with Crippen LogP contribution in [0.5, 0.6) is 5.75 Å². The molecule has 0 aromatic heterocycles. The van der Waals surface area contributed by atoms with Crippen molar-refractivity contribution in [1.82, 2.24) is 25.9 Å². The first kappa shape index (κ1) is 44.9. The highest BCUT2D eigenvalue weighted by atomic mass is 16.7. The highest BCUT2D eigenvalue weighted by Gasteiger charge is 2.57. The summed E-state index contributed by atoms with van der Waals surface area (Å²) in [5, 5.41) is 21.4. The summed E-state index contributed by atoms with van der Waals surface area (Å²) in [4.78, 5) is 51.6. The Morgan fingerprint density at radius 1 is 1.02 bits per heavy atom. The number of benzene rings is 3. The number of fused-ring (bicyclic) bond motifs is 2. The quantitative estimate of drug-likeness (QED) is 0.149. The van der Waals surface area contributed by atoms with Crippen molar-refractivity contribution < 1.29 is 33.8 Å². The Morgan fingerprint density at radius 2 is 1.75 bits per heavy atom. The number of carbonyl (C=O) groups excluding carboxylic acids is 3. The summed E-state index contributed by atoms with van der Waals surface area (Å²) in [5.41, 5.74) is 5.01. The Hall–Kier alpha value is -4.69. The maximum atomic E-state index is 14.6. The summed E-state index contributed by atoms with van der Waals surface area (Å²) < 4.78 is 11.8. The lowest BCUT2D eigenvalue weighted by atomic mass is 9.45. The van der Waals surface area contributed by atoms with Crippen molar-refractivity contribution >= 4 is 23.6 Å². The van der Waals surface area contributed by atoms with E-state index in [2.05, 4.69) is 53.8 Å². The van der Waals surface area contributed by atoms with E-state index in [0.717, 1.165) is 34.4 Å². The number of aliphatic hydroxyl groups excluding tert-OH is 1. The molecule has 3 amide bonds. The molecule has 4 fully saturated rings. The second-order valence-electron chi connectivity index (χ2n) is 18.1. The number of hydrogen-bond donors (Lipinski definition) is 4. The molecule has 7 rings (SSSR count). The van der Waals surface area contributed by atoms with Gasteiger partial charge in [0.25, 0.3) is 5.91 Å². The Labute approximate surface area is 356 Å². The molecule has 2 bridgehead atoms. The lowest BCUT2D eigenvalue weighted by Crippen LogP contribution is -2.62. The fourth-order valence-corrected chi connectivity index (χ4v) is 10.0. The fourth-order valence-electron chi connectivity index (χ4n) is 10.0. The van der Waals surface area contributed by atoms with Gasteiger partial charge in [-0.05, 0) is 92.8 Å². The SMILES string of the molecule is CNC(=O)O[C@@H](C)[C@H]1[C@H](CO)ON(Cc2cccc(-c3cc(C(=O)N[C@@H](Cc4ccccc4)CN(C)C)cc(N(C)C)c3)c2OC)[C@@H]1C(=O)N[C@H]1C[C@H]2C[C@H]([C@@H]1C)C2(C)C. The second-order valence-corrected chi connectivity index (χ2v) is 18.1. The van der Waals surface area contributed by atoms with E-state index in [1.807, 2.05) is 87.7 Å². The minimum atomic E-state index is -0.896. The summed E-state index contributed by atoms with van der Waals surface area (Å²) in [6.07, 6.45) is 0.542. The van der Waals surface area contributed by atoms with Crippen molar-refractivity contribution in [2.45, 2.75) is 83.8 Å². The minimum Gasteiger partial charge on any atom is -0.496 e. The summed E-state index contributed by atoms with van der Waals surface area (Å²) in [5.74, 6) is 0.812. The third-order valence-electron chi connectivity index (χ3n) is 13.4. The Balaban J connectivity index is 1.31. The van der Waals surface area contributed by atoms with Crippen molar-refractivity contribution in [3.8, 4) is 16.9 Å². The first-order valence-electron chi connectivity index (χ1n) is 21.3. The molecule has 4 N–H and O–H groups in total. The lowest BCUT2D eigenvalue weighted by Gasteiger charge is -2.62. The van der Waals surface area contributed by atoms with Gasteiger partial charge in [0.1, 0.15) is 24.0 Å². The number of hydroxylamine groups is 2. The van der Waals surface area contributed by atoms with Gasteiger partial charge in [-0.15, -0.1) is 0 Å². The molecule has 1 saturated heterocycles. The molecule has 13 nitrogen and oxygen atoms in total. The number of aliphatic hydroxyl groups is 1. The number of carbonyl (C=O) groups is 3. The predicted molar refractivity (Wildman–Crippen MR) is 234 cm³/mol. The number of methoxy groups -OCH3 is 1. The maximum Gasteiger partial charge on any atom is 0.407 e. The van der Waals surface area contributed by atoms with Crippen LogP contribution in [0.4, 0.5) is 10.5 Å². The van der Waals surface area contributed by atoms with Gasteiger partial charge in [0.2, 0.25) is 5.91 Å². The smallest absolute Gasteiger partial charge is 0.407 e. The van der Waals surface area contributed by atoms with Crippen LogP contribution in [0, 0.1) is 29.1 Å². The highest BCUT2D eigenvalue weighted by Crippen LogP contribution is 2.61. The van der Waals surface area contributed by atoms with Gasteiger partial charge in [-0.2, -0.15) is 5.06 Å². The topological polar surface area (TPSA) is 145 Å². The average Bonchev–Trinajstić information content (AvgIpc) is 3.59. The van der Waals surface area contributed by atoms with E-state index < -0.39 is 30.3 Å².